The summed E-state index contributed by atoms with van der Waals surface area (Å²) in [5.74, 6) is -0.441. The fraction of sp³-hybridized carbons (Fsp3) is 0.462. The largest absolute Gasteiger partial charge is 0.316 e. The number of hydrogen-bond donors (Lipinski definition) is 2. The number of rotatable bonds is 3. The highest BCUT2D eigenvalue weighted by Gasteiger charge is 2.36. The van der Waals surface area contributed by atoms with Crippen LogP contribution in [0.2, 0.25) is 0 Å². The lowest BCUT2D eigenvalue weighted by Gasteiger charge is -2.32. The van der Waals surface area contributed by atoms with Crippen LogP contribution in [0.4, 0.5) is 0 Å². The normalized spacial score (nSPS) is 23.8. The Hall–Kier alpha value is -1.40. The van der Waals surface area contributed by atoms with Gasteiger partial charge in [-0.2, -0.15) is 0 Å². The first-order valence-electron chi connectivity index (χ1n) is 6.27. The molecule has 104 valence electrons. The molecule has 1 unspecified atom stereocenters. The van der Waals surface area contributed by atoms with Crippen molar-refractivity contribution in [3.8, 4) is 0 Å². The molecule has 6 heteroatoms. The summed E-state index contributed by atoms with van der Waals surface area (Å²) in [5, 5.41) is 3.13. The highest BCUT2D eigenvalue weighted by atomic mass is 32.2. The van der Waals surface area contributed by atoms with Gasteiger partial charge >= 0.3 is 0 Å². The molecule has 1 heterocycles. The maximum Gasteiger partial charge on any atom is 0.264 e. The highest BCUT2D eigenvalue weighted by molar-refractivity contribution is 7.90. The predicted octanol–water partition coefficient (Wildman–Crippen LogP) is 0.881. The number of benzene rings is 1. The Morgan fingerprint density at radius 3 is 2.58 bits per heavy atom. The van der Waals surface area contributed by atoms with Gasteiger partial charge in [0.25, 0.3) is 10.0 Å². The van der Waals surface area contributed by atoms with Crippen molar-refractivity contribution in [3.05, 3.63) is 30.3 Å². The third kappa shape index (κ3) is 3.13. The molecule has 0 spiro atoms. The topological polar surface area (TPSA) is 75.3 Å². The smallest absolute Gasteiger partial charge is 0.264 e. The second-order valence-corrected chi connectivity index (χ2v) is 6.77. The molecule has 2 rings (SSSR count). The van der Waals surface area contributed by atoms with E-state index in [4.69, 9.17) is 0 Å². The van der Waals surface area contributed by atoms with Crippen LogP contribution >= 0.6 is 0 Å². The van der Waals surface area contributed by atoms with Gasteiger partial charge in [-0.25, -0.2) is 13.1 Å². The Morgan fingerprint density at radius 1 is 1.32 bits per heavy atom. The summed E-state index contributed by atoms with van der Waals surface area (Å²) < 4.78 is 26.3. The van der Waals surface area contributed by atoms with E-state index in [1.807, 2.05) is 0 Å². The zero-order valence-electron chi connectivity index (χ0n) is 10.8. The average Bonchev–Trinajstić information content (AvgIpc) is 2.40. The van der Waals surface area contributed by atoms with Gasteiger partial charge < -0.3 is 5.32 Å². The number of nitrogens with one attached hydrogen (secondary N) is 2. The zero-order chi connectivity index (χ0) is 13.9. The number of piperidine rings is 1. The van der Waals surface area contributed by atoms with Gasteiger partial charge in [-0.1, -0.05) is 18.2 Å². The van der Waals surface area contributed by atoms with E-state index in [-0.39, 0.29) is 4.90 Å². The summed E-state index contributed by atoms with van der Waals surface area (Å²) in [6.45, 7) is 3.16. The van der Waals surface area contributed by atoms with Gasteiger partial charge in [0.15, 0.2) is 0 Å². The molecule has 2 N–H and O–H groups in total. The van der Waals surface area contributed by atoms with E-state index >= 15 is 0 Å². The van der Waals surface area contributed by atoms with Crippen LogP contribution in [0.5, 0.6) is 0 Å². The SMILES string of the molecule is CC1(C(=O)NS(=O)(=O)c2ccccc2)CCCNC1. The van der Waals surface area contributed by atoms with Crippen LogP contribution in [-0.2, 0) is 14.8 Å². The van der Waals surface area contributed by atoms with Crippen LogP contribution in [0, 0.1) is 5.41 Å². The second kappa shape index (κ2) is 5.30. The Kier molecular flexibility index (Phi) is 3.91. The van der Waals surface area contributed by atoms with Crippen LogP contribution in [0.25, 0.3) is 0 Å². The molecule has 0 aliphatic carbocycles. The molecule has 1 atom stereocenters. The summed E-state index contributed by atoms with van der Waals surface area (Å²) in [6.07, 6.45) is 1.56. The second-order valence-electron chi connectivity index (χ2n) is 5.09. The lowest BCUT2D eigenvalue weighted by molar-refractivity contribution is -0.129. The van der Waals surface area contributed by atoms with Crippen LogP contribution in [0.3, 0.4) is 0 Å². The third-order valence-electron chi connectivity index (χ3n) is 3.43. The summed E-state index contributed by atoms with van der Waals surface area (Å²) in [6, 6.07) is 7.92. The summed E-state index contributed by atoms with van der Waals surface area (Å²) in [5.41, 5.74) is -0.667. The van der Waals surface area contributed by atoms with Crippen LogP contribution < -0.4 is 10.0 Å². The summed E-state index contributed by atoms with van der Waals surface area (Å²) in [7, 11) is -3.77. The number of carbonyl (C=O) groups is 1. The maximum absolute atomic E-state index is 12.2. The lowest BCUT2D eigenvalue weighted by Crippen LogP contribution is -2.50. The molecule has 1 aromatic carbocycles. The third-order valence-corrected chi connectivity index (χ3v) is 4.77. The van der Waals surface area contributed by atoms with Gasteiger partial charge in [0.1, 0.15) is 0 Å². The fourth-order valence-corrected chi connectivity index (χ4v) is 3.28. The molecule has 0 saturated carbocycles. The first-order valence-corrected chi connectivity index (χ1v) is 7.75. The first kappa shape index (κ1) is 14.0. The van der Waals surface area contributed by atoms with Crippen LogP contribution in [0.15, 0.2) is 35.2 Å². The van der Waals surface area contributed by atoms with Crippen molar-refractivity contribution in [2.24, 2.45) is 5.41 Å². The van der Waals surface area contributed by atoms with E-state index in [0.29, 0.717) is 13.0 Å². The molecule has 0 bridgehead atoms. The van der Waals surface area contributed by atoms with Crippen molar-refractivity contribution in [1.29, 1.82) is 0 Å². The molecule has 0 aromatic heterocycles. The number of amides is 1. The van der Waals surface area contributed by atoms with Gasteiger partial charge in [-0.3, -0.25) is 4.79 Å². The lowest BCUT2D eigenvalue weighted by atomic mass is 9.82. The standard InChI is InChI=1S/C13H18N2O3S/c1-13(8-5-9-14-10-13)12(16)15-19(17,18)11-6-3-2-4-7-11/h2-4,6-7,14H,5,8-10H2,1H3,(H,15,16). The maximum atomic E-state index is 12.2. The molecule has 19 heavy (non-hydrogen) atoms. The zero-order valence-corrected chi connectivity index (χ0v) is 11.7. The van der Waals surface area contributed by atoms with Crippen molar-refractivity contribution in [3.63, 3.8) is 0 Å². The van der Waals surface area contributed by atoms with Gasteiger partial charge in [-0.15, -0.1) is 0 Å². The Balaban J connectivity index is 2.14. The van der Waals surface area contributed by atoms with E-state index in [1.165, 1.54) is 12.1 Å². The average molecular weight is 282 g/mol. The number of hydrogen-bond acceptors (Lipinski definition) is 4. The van der Waals surface area contributed by atoms with Crippen molar-refractivity contribution in [2.75, 3.05) is 13.1 Å². The quantitative estimate of drug-likeness (QED) is 0.863. The van der Waals surface area contributed by atoms with Gasteiger partial charge in [-0.05, 0) is 38.4 Å². The van der Waals surface area contributed by atoms with E-state index in [9.17, 15) is 13.2 Å². The molecule has 0 radical (unpaired) electrons. The molecule has 1 aliphatic heterocycles. The van der Waals surface area contributed by atoms with Crippen LogP contribution in [-0.4, -0.2) is 27.4 Å². The van der Waals surface area contributed by atoms with E-state index in [0.717, 1.165) is 13.0 Å². The summed E-state index contributed by atoms with van der Waals surface area (Å²) in [4.78, 5) is 12.3. The van der Waals surface area contributed by atoms with Crippen molar-refractivity contribution in [1.82, 2.24) is 10.0 Å². The molecule has 1 aromatic rings. The van der Waals surface area contributed by atoms with Crippen molar-refractivity contribution < 1.29 is 13.2 Å². The monoisotopic (exact) mass is 282 g/mol. The highest BCUT2D eigenvalue weighted by Crippen LogP contribution is 2.26. The minimum absolute atomic E-state index is 0.107. The molecule has 1 aliphatic rings. The van der Waals surface area contributed by atoms with Gasteiger partial charge in [0.2, 0.25) is 5.91 Å². The van der Waals surface area contributed by atoms with E-state index < -0.39 is 21.3 Å². The molecule has 1 amide bonds. The van der Waals surface area contributed by atoms with Gasteiger partial charge in [0.05, 0.1) is 10.3 Å². The number of carbonyl (C=O) groups excluding carboxylic acids is 1. The Morgan fingerprint density at radius 2 is 2.00 bits per heavy atom. The first-order chi connectivity index (χ1) is 8.94. The van der Waals surface area contributed by atoms with Crippen LogP contribution in [0.1, 0.15) is 19.8 Å². The van der Waals surface area contributed by atoms with E-state index in [2.05, 4.69) is 10.0 Å². The van der Waals surface area contributed by atoms with Crippen molar-refractivity contribution >= 4 is 15.9 Å². The molecule has 1 saturated heterocycles. The predicted molar refractivity (Wildman–Crippen MR) is 72.0 cm³/mol. The minimum atomic E-state index is -3.77. The fourth-order valence-electron chi connectivity index (χ4n) is 2.15. The molecular weight excluding hydrogens is 264 g/mol. The molecule has 5 nitrogen and oxygen atoms in total. The number of sulfonamides is 1. The van der Waals surface area contributed by atoms with E-state index in [1.54, 1.807) is 25.1 Å². The Labute approximate surface area is 113 Å². The Bertz CT molecular complexity index is 549. The molecular formula is C13H18N2O3S. The minimum Gasteiger partial charge on any atom is -0.316 e. The van der Waals surface area contributed by atoms with Gasteiger partial charge in [0, 0.05) is 6.54 Å². The summed E-state index contributed by atoms with van der Waals surface area (Å²) >= 11 is 0. The van der Waals surface area contributed by atoms with Crippen molar-refractivity contribution in [2.45, 2.75) is 24.7 Å². The molecule has 1 fully saturated rings.